The van der Waals surface area contributed by atoms with Gasteiger partial charge in [0.05, 0.1) is 12.0 Å². The molecule has 0 bridgehead atoms. The van der Waals surface area contributed by atoms with Gasteiger partial charge in [-0.3, -0.25) is 4.79 Å². The molecule has 20 heavy (non-hydrogen) atoms. The lowest BCUT2D eigenvalue weighted by Gasteiger charge is -2.38. The number of carbonyl (C=O) groups excluding carboxylic acids is 1. The van der Waals surface area contributed by atoms with E-state index in [1.807, 2.05) is 0 Å². The van der Waals surface area contributed by atoms with E-state index in [0.717, 1.165) is 19.3 Å². The van der Waals surface area contributed by atoms with Crippen molar-refractivity contribution in [1.82, 2.24) is 9.80 Å². The van der Waals surface area contributed by atoms with Crippen LogP contribution in [0.4, 0.5) is 4.79 Å². The Morgan fingerprint density at radius 2 is 2.20 bits per heavy atom. The van der Waals surface area contributed by atoms with Gasteiger partial charge in [0, 0.05) is 32.6 Å². The first kappa shape index (κ1) is 16.3. The van der Waals surface area contributed by atoms with E-state index in [-0.39, 0.29) is 24.4 Å². The number of carboxylic acids is 1. The van der Waals surface area contributed by atoms with Crippen molar-refractivity contribution in [2.75, 3.05) is 20.1 Å². The normalized spacial score (nSPS) is 20.1. The highest BCUT2D eigenvalue weighted by Gasteiger charge is 2.29. The van der Waals surface area contributed by atoms with E-state index in [1.54, 1.807) is 23.8 Å². The van der Waals surface area contributed by atoms with Gasteiger partial charge in [0.15, 0.2) is 0 Å². The lowest BCUT2D eigenvalue weighted by molar-refractivity contribution is -0.137. The molecule has 2 amide bonds. The summed E-state index contributed by atoms with van der Waals surface area (Å²) < 4.78 is 0. The van der Waals surface area contributed by atoms with Crippen LogP contribution in [0.2, 0.25) is 0 Å². The molecule has 1 saturated heterocycles. The third kappa shape index (κ3) is 4.72. The molecule has 1 fully saturated rings. The first-order chi connectivity index (χ1) is 9.45. The fourth-order valence-electron chi connectivity index (χ4n) is 2.59. The maximum Gasteiger partial charge on any atom is 0.320 e. The van der Waals surface area contributed by atoms with Gasteiger partial charge >= 0.3 is 12.0 Å². The van der Waals surface area contributed by atoms with Gasteiger partial charge in [-0.15, -0.1) is 0 Å². The van der Waals surface area contributed by atoms with Gasteiger partial charge in [-0.1, -0.05) is 0 Å². The summed E-state index contributed by atoms with van der Waals surface area (Å²) in [5, 5.41) is 17.6. The number of hydrogen-bond acceptors (Lipinski definition) is 3. The molecule has 1 N–H and O–H groups in total. The molecule has 6 heteroatoms. The lowest BCUT2D eigenvalue weighted by Crippen LogP contribution is -2.50. The highest BCUT2D eigenvalue weighted by atomic mass is 16.4. The fraction of sp³-hybridized carbons (Fsp3) is 0.786. The van der Waals surface area contributed by atoms with Gasteiger partial charge in [-0.2, -0.15) is 5.26 Å². The topological polar surface area (TPSA) is 84.6 Å². The predicted octanol–water partition coefficient (Wildman–Crippen LogP) is 1.92. The average Bonchev–Trinajstić information content (AvgIpc) is 2.44. The number of amides is 2. The van der Waals surface area contributed by atoms with Crippen molar-refractivity contribution in [3.8, 4) is 6.07 Å². The van der Waals surface area contributed by atoms with E-state index in [4.69, 9.17) is 10.4 Å². The van der Waals surface area contributed by atoms with Gasteiger partial charge in [0.25, 0.3) is 0 Å². The second-order valence-corrected chi connectivity index (χ2v) is 5.47. The van der Waals surface area contributed by atoms with Crippen LogP contribution < -0.4 is 0 Å². The largest absolute Gasteiger partial charge is 0.481 e. The monoisotopic (exact) mass is 281 g/mol. The van der Waals surface area contributed by atoms with Crippen molar-refractivity contribution in [1.29, 1.82) is 5.26 Å². The van der Waals surface area contributed by atoms with Crippen LogP contribution in [0.3, 0.4) is 0 Å². The summed E-state index contributed by atoms with van der Waals surface area (Å²) in [7, 11) is 1.69. The van der Waals surface area contributed by atoms with E-state index in [2.05, 4.69) is 6.07 Å². The number of carbonyl (C=O) groups is 2. The molecule has 0 aromatic rings. The van der Waals surface area contributed by atoms with Crippen molar-refractivity contribution >= 4 is 12.0 Å². The molecule has 0 saturated carbocycles. The number of nitriles is 1. The van der Waals surface area contributed by atoms with Crippen LogP contribution in [0.1, 0.15) is 39.0 Å². The Morgan fingerprint density at radius 1 is 1.50 bits per heavy atom. The van der Waals surface area contributed by atoms with Gasteiger partial charge in [0.2, 0.25) is 0 Å². The fourth-order valence-corrected chi connectivity index (χ4v) is 2.59. The van der Waals surface area contributed by atoms with Crippen LogP contribution in [0.15, 0.2) is 0 Å². The molecule has 0 aromatic carbocycles. The molecule has 112 valence electrons. The number of rotatable bonds is 5. The number of hydrogen-bond donors (Lipinski definition) is 1. The summed E-state index contributed by atoms with van der Waals surface area (Å²) in [5.74, 6) is -1.03. The van der Waals surface area contributed by atoms with Crippen LogP contribution in [0.5, 0.6) is 0 Å². The van der Waals surface area contributed by atoms with Crippen LogP contribution in [0, 0.1) is 17.2 Å². The number of likely N-dealkylation sites (tertiary alicyclic amines) is 1. The smallest absolute Gasteiger partial charge is 0.320 e. The van der Waals surface area contributed by atoms with Gasteiger partial charge in [-0.05, 0) is 32.6 Å². The van der Waals surface area contributed by atoms with Crippen LogP contribution in [-0.4, -0.2) is 53.1 Å². The Labute approximate surface area is 120 Å². The van der Waals surface area contributed by atoms with Crippen LogP contribution in [-0.2, 0) is 4.79 Å². The first-order valence-corrected chi connectivity index (χ1v) is 7.08. The zero-order valence-electron chi connectivity index (χ0n) is 12.2. The van der Waals surface area contributed by atoms with E-state index >= 15 is 0 Å². The molecule has 6 nitrogen and oxygen atoms in total. The van der Waals surface area contributed by atoms with E-state index in [0.29, 0.717) is 19.5 Å². The number of urea groups is 1. The minimum absolute atomic E-state index is 0.00666. The maximum absolute atomic E-state index is 12.4. The van der Waals surface area contributed by atoms with Crippen molar-refractivity contribution in [2.24, 2.45) is 5.92 Å². The summed E-state index contributed by atoms with van der Waals surface area (Å²) in [4.78, 5) is 26.4. The van der Waals surface area contributed by atoms with Crippen LogP contribution in [0.25, 0.3) is 0 Å². The molecule has 0 radical (unpaired) electrons. The van der Waals surface area contributed by atoms with Gasteiger partial charge in [-0.25, -0.2) is 4.79 Å². The number of piperidine rings is 1. The molecule has 0 aromatic heterocycles. The zero-order chi connectivity index (χ0) is 15.1. The lowest BCUT2D eigenvalue weighted by atomic mass is 9.98. The second-order valence-electron chi connectivity index (χ2n) is 5.47. The van der Waals surface area contributed by atoms with E-state index in [1.165, 1.54) is 0 Å². The van der Waals surface area contributed by atoms with Crippen LogP contribution >= 0.6 is 0 Å². The molecule has 1 heterocycles. The predicted molar refractivity (Wildman–Crippen MR) is 74.0 cm³/mol. The molecule has 2 unspecified atom stereocenters. The molecular weight excluding hydrogens is 258 g/mol. The summed E-state index contributed by atoms with van der Waals surface area (Å²) in [6.07, 6.45) is 3.44. The number of carboxylic acid groups (broad SMARTS) is 1. The molecule has 1 aliphatic rings. The van der Waals surface area contributed by atoms with Crippen molar-refractivity contribution in [3.63, 3.8) is 0 Å². The summed E-state index contributed by atoms with van der Waals surface area (Å²) in [5.41, 5.74) is 0. The summed E-state index contributed by atoms with van der Waals surface area (Å²) in [6.45, 7) is 2.85. The average molecular weight is 281 g/mol. The number of aliphatic carboxylic acids is 1. The highest BCUT2D eigenvalue weighted by molar-refractivity contribution is 5.75. The Hall–Kier alpha value is -1.77. The Balaban J connectivity index is 2.62. The van der Waals surface area contributed by atoms with Gasteiger partial charge in [0.1, 0.15) is 0 Å². The van der Waals surface area contributed by atoms with Crippen molar-refractivity contribution in [3.05, 3.63) is 0 Å². The van der Waals surface area contributed by atoms with Crippen molar-refractivity contribution in [2.45, 2.75) is 45.1 Å². The standard InChI is InChI=1S/C14H23N3O3/c1-11(9-15)10-16(2)14(20)17-8-4-3-5-12(17)6-7-13(18)19/h11-12H,3-8,10H2,1-2H3,(H,18,19). The molecule has 0 spiro atoms. The van der Waals surface area contributed by atoms with Crippen molar-refractivity contribution < 1.29 is 14.7 Å². The highest BCUT2D eigenvalue weighted by Crippen LogP contribution is 2.22. The molecular formula is C14H23N3O3. The second kappa shape index (κ2) is 7.73. The molecule has 2 atom stereocenters. The minimum atomic E-state index is -0.825. The third-order valence-electron chi connectivity index (χ3n) is 3.66. The Morgan fingerprint density at radius 3 is 2.80 bits per heavy atom. The summed E-state index contributed by atoms with van der Waals surface area (Å²) >= 11 is 0. The maximum atomic E-state index is 12.4. The quantitative estimate of drug-likeness (QED) is 0.834. The first-order valence-electron chi connectivity index (χ1n) is 7.08. The zero-order valence-corrected chi connectivity index (χ0v) is 12.2. The van der Waals surface area contributed by atoms with Gasteiger partial charge < -0.3 is 14.9 Å². The van der Waals surface area contributed by atoms with E-state index in [9.17, 15) is 9.59 Å². The Kier molecular flexibility index (Phi) is 6.29. The number of nitrogens with zero attached hydrogens (tertiary/aromatic N) is 3. The Bertz CT molecular complexity index is 392. The molecule has 1 aliphatic heterocycles. The van der Waals surface area contributed by atoms with E-state index < -0.39 is 5.97 Å². The SMILES string of the molecule is CC(C#N)CN(C)C(=O)N1CCCCC1CCC(=O)O. The molecule has 0 aliphatic carbocycles. The molecule has 1 rings (SSSR count). The third-order valence-corrected chi connectivity index (χ3v) is 3.66. The summed E-state index contributed by atoms with van der Waals surface area (Å²) in [6, 6.07) is 2.03. The minimum Gasteiger partial charge on any atom is -0.481 e.